The number of pyridine rings is 1. The average Bonchev–Trinajstić information content (AvgIpc) is 2.80. The molecular formula is C16H16N4. The summed E-state index contributed by atoms with van der Waals surface area (Å²) >= 11 is 0. The first-order valence-electron chi connectivity index (χ1n) is 6.52. The first-order valence-corrected chi connectivity index (χ1v) is 6.52. The molecule has 0 unspecified atom stereocenters. The van der Waals surface area contributed by atoms with Crippen LogP contribution in [0.1, 0.15) is 11.3 Å². The molecule has 4 nitrogen and oxygen atoms in total. The molecule has 0 fully saturated rings. The number of hydrogen-bond acceptors (Lipinski definition) is 3. The van der Waals surface area contributed by atoms with Gasteiger partial charge in [0.25, 0.3) is 0 Å². The number of hydrogen-bond donors (Lipinski definition) is 1. The Hall–Kier alpha value is -2.62. The number of nitrogens with one attached hydrogen (secondary N) is 1. The van der Waals surface area contributed by atoms with Gasteiger partial charge in [-0.05, 0) is 37.6 Å². The van der Waals surface area contributed by atoms with Crippen LogP contribution in [0, 0.1) is 13.8 Å². The van der Waals surface area contributed by atoms with Crippen molar-refractivity contribution in [1.82, 2.24) is 14.5 Å². The van der Waals surface area contributed by atoms with E-state index in [1.54, 1.807) is 6.20 Å². The predicted octanol–water partition coefficient (Wildman–Crippen LogP) is 3.63. The van der Waals surface area contributed by atoms with Crippen molar-refractivity contribution in [3.63, 3.8) is 0 Å². The zero-order chi connectivity index (χ0) is 13.9. The molecule has 0 bridgehead atoms. The van der Waals surface area contributed by atoms with Gasteiger partial charge >= 0.3 is 0 Å². The Balaban J connectivity index is 1.98. The molecule has 2 aromatic heterocycles. The van der Waals surface area contributed by atoms with Gasteiger partial charge in [0, 0.05) is 18.1 Å². The molecule has 0 radical (unpaired) electrons. The third-order valence-electron chi connectivity index (χ3n) is 2.99. The number of anilines is 2. The van der Waals surface area contributed by atoms with Crippen LogP contribution in [0.3, 0.4) is 0 Å². The van der Waals surface area contributed by atoms with Crippen molar-refractivity contribution in [1.29, 1.82) is 0 Å². The number of aryl methyl sites for hydroxylation is 2. The molecule has 20 heavy (non-hydrogen) atoms. The van der Waals surface area contributed by atoms with Crippen molar-refractivity contribution in [2.45, 2.75) is 13.8 Å². The predicted molar refractivity (Wildman–Crippen MR) is 80.6 cm³/mol. The van der Waals surface area contributed by atoms with Gasteiger partial charge in [0.2, 0.25) is 5.95 Å². The van der Waals surface area contributed by atoms with E-state index in [0.717, 1.165) is 28.6 Å². The molecular weight excluding hydrogens is 248 g/mol. The molecule has 4 heteroatoms. The van der Waals surface area contributed by atoms with Crippen molar-refractivity contribution in [3.8, 4) is 5.69 Å². The van der Waals surface area contributed by atoms with Crippen molar-refractivity contribution in [2.24, 2.45) is 0 Å². The molecule has 0 aliphatic carbocycles. The SMILES string of the molecule is Cc1cncc(Nc2nc(C)cn2-c2ccccc2)c1. The molecule has 3 rings (SSSR count). The standard InChI is InChI=1S/C16H16N4/c1-12-8-14(10-17-9-12)19-16-18-13(2)11-20(16)15-6-4-3-5-7-15/h3-11H,1-2H3,(H,18,19). The van der Waals surface area contributed by atoms with Crippen molar-refractivity contribution in [2.75, 3.05) is 5.32 Å². The maximum atomic E-state index is 4.54. The van der Waals surface area contributed by atoms with Crippen molar-refractivity contribution < 1.29 is 0 Å². The van der Waals surface area contributed by atoms with Gasteiger partial charge in [-0.2, -0.15) is 0 Å². The Bertz CT molecular complexity index is 716. The smallest absolute Gasteiger partial charge is 0.212 e. The highest BCUT2D eigenvalue weighted by Gasteiger charge is 2.07. The molecule has 0 amide bonds. The number of rotatable bonds is 3. The fourth-order valence-corrected chi connectivity index (χ4v) is 2.12. The van der Waals surface area contributed by atoms with E-state index in [4.69, 9.17) is 0 Å². The molecule has 0 saturated carbocycles. The van der Waals surface area contributed by atoms with Crippen LogP contribution in [0.15, 0.2) is 55.0 Å². The summed E-state index contributed by atoms with van der Waals surface area (Å²) in [5.41, 5.74) is 4.10. The van der Waals surface area contributed by atoms with Crippen LogP contribution >= 0.6 is 0 Å². The second-order valence-electron chi connectivity index (χ2n) is 4.79. The fraction of sp³-hybridized carbons (Fsp3) is 0.125. The highest BCUT2D eigenvalue weighted by atomic mass is 15.2. The van der Waals surface area contributed by atoms with E-state index in [0.29, 0.717) is 0 Å². The summed E-state index contributed by atoms with van der Waals surface area (Å²) < 4.78 is 2.04. The Kier molecular flexibility index (Phi) is 3.21. The lowest BCUT2D eigenvalue weighted by Gasteiger charge is -2.09. The minimum atomic E-state index is 0.793. The van der Waals surface area contributed by atoms with Crippen LogP contribution < -0.4 is 5.32 Å². The van der Waals surface area contributed by atoms with Crippen molar-refractivity contribution in [3.05, 3.63) is 66.2 Å². The van der Waals surface area contributed by atoms with Crippen LogP contribution in [0.4, 0.5) is 11.6 Å². The topological polar surface area (TPSA) is 42.7 Å². The summed E-state index contributed by atoms with van der Waals surface area (Å²) in [6, 6.07) is 12.2. The number of nitrogens with zero attached hydrogens (tertiary/aromatic N) is 3. The van der Waals surface area contributed by atoms with Crippen LogP contribution in [0.25, 0.3) is 5.69 Å². The van der Waals surface area contributed by atoms with Gasteiger partial charge in [0.1, 0.15) is 0 Å². The highest BCUT2D eigenvalue weighted by Crippen LogP contribution is 2.20. The first kappa shape index (κ1) is 12.4. The number of benzene rings is 1. The quantitative estimate of drug-likeness (QED) is 0.785. The third-order valence-corrected chi connectivity index (χ3v) is 2.99. The Morgan fingerprint density at radius 3 is 2.60 bits per heavy atom. The largest absolute Gasteiger partial charge is 0.324 e. The summed E-state index contributed by atoms with van der Waals surface area (Å²) in [6.07, 6.45) is 5.65. The second kappa shape index (κ2) is 5.17. The summed E-state index contributed by atoms with van der Waals surface area (Å²) in [4.78, 5) is 8.73. The normalized spacial score (nSPS) is 10.5. The fourth-order valence-electron chi connectivity index (χ4n) is 2.12. The average molecular weight is 264 g/mol. The third kappa shape index (κ3) is 2.54. The van der Waals surface area contributed by atoms with Gasteiger partial charge < -0.3 is 5.32 Å². The van der Waals surface area contributed by atoms with Crippen LogP contribution in [0.5, 0.6) is 0 Å². The Labute approximate surface area is 118 Å². The maximum Gasteiger partial charge on any atom is 0.212 e. The molecule has 0 spiro atoms. The van der Waals surface area contributed by atoms with E-state index < -0.39 is 0 Å². The van der Waals surface area contributed by atoms with Gasteiger partial charge in [-0.15, -0.1) is 0 Å². The summed E-state index contributed by atoms with van der Waals surface area (Å²) in [5, 5.41) is 3.32. The molecule has 100 valence electrons. The molecule has 1 aromatic carbocycles. The molecule has 0 aliphatic heterocycles. The molecule has 0 atom stereocenters. The molecule has 3 aromatic rings. The second-order valence-corrected chi connectivity index (χ2v) is 4.79. The van der Waals surface area contributed by atoms with Gasteiger partial charge in [-0.3, -0.25) is 9.55 Å². The zero-order valence-electron chi connectivity index (χ0n) is 11.5. The summed E-state index contributed by atoms with van der Waals surface area (Å²) in [6.45, 7) is 4.01. The van der Waals surface area contributed by atoms with Gasteiger partial charge in [0.05, 0.1) is 17.6 Å². The highest BCUT2D eigenvalue weighted by molar-refractivity contribution is 5.56. The molecule has 2 heterocycles. The van der Waals surface area contributed by atoms with E-state index in [2.05, 4.69) is 27.4 Å². The zero-order valence-corrected chi connectivity index (χ0v) is 11.5. The Morgan fingerprint density at radius 2 is 1.85 bits per heavy atom. The number of imidazole rings is 1. The maximum absolute atomic E-state index is 4.54. The van der Waals surface area contributed by atoms with Crippen LogP contribution in [0.2, 0.25) is 0 Å². The molecule has 0 saturated heterocycles. The number of para-hydroxylation sites is 1. The molecule has 1 N–H and O–H groups in total. The van der Waals surface area contributed by atoms with E-state index in [1.165, 1.54) is 0 Å². The minimum Gasteiger partial charge on any atom is -0.324 e. The van der Waals surface area contributed by atoms with E-state index in [-0.39, 0.29) is 0 Å². The lowest BCUT2D eigenvalue weighted by molar-refractivity contribution is 1.06. The lowest BCUT2D eigenvalue weighted by Crippen LogP contribution is -2.01. The van der Waals surface area contributed by atoms with Crippen LogP contribution in [-0.2, 0) is 0 Å². The first-order chi connectivity index (χ1) is 9.72. The summed E-state index contributed by atoms with van der Waals surface area (Å²) in [7, 11) is 0. The monoisotopic (exact) mass is 264 g/mol. The minimum absolute atomic E-state index is 0.793. The molecule has 0 aliphatic rings. The van der Waals surface area contributed by atoms with Crippen LogP contribution in [-0.4, -0.2) is 14.5 Å². The Morgan fingerprint density at radius 1 is 1.05 bits per heavy atom. The number of aromatic nitrogens is 3. The van der Waals surface area contributed by atoms with Gasteiger partial charge in [-0.25, -0.2) is 4.98 Å². The van der Waals surface area contributed by atoms with E-state index in [9.17, 15) is 0 Å². The lowest BCUT2D eigenvalue weighted by atomic mass is 10.3. The van der Waals surface area contributed by atoms with Crippen molar-refractivity contribution >= 4 is 11.6 Å². The van der Waals surface area contributed by atoms with E-state index >= 15 is 0 Å². The van der Waals surface area contributed by atoms with E-state index in [1.807, 2.05) is 55.1 Å². The summed E-state index contributed by atoms with van der Waals surface area (Å²) in [5.74, 6) is 0.793. The van der Waals surface area contributed by atoms with Gasteiger partial charge in [0.15, 0.2) is 0 Å². The van der Waals surface area contributed by atoms with Gasteiger partial charge in [-0.1, -0.05) is 18.2 Å².